The van der Waals surface area contributed by atoms with Crippen molar-refractivity contribution in [2.75, 3.05) is 11.1 Å². The van der Waals surface area contributed by atoms with E-state index in [-0.39, 0.29) is 6.10 Å². The second-order valence-corrected chi connectivity index (χ2v) is 7.07. The van der Waals surface area contributed by atoms with Crippen LogP contribution in [0.2, 0.25) is 0 Å². The van der Waals surface area contributed by atoms with Crippen molar-refractivity contribution in [3.05, 3.63) is 4.88 Å². The first-order valence-electron chi connectivity index (χ1n) is 7.80. The molecule has 0 saturated heterocycles. The van der Waals surface area contributed by atoms with E-state index in [4.69, 9.17) is 15.7 Å². The first-order chi connectivity index (χ1) is 10.0. The van der Waals surface area contributed by atoms with Crippen LogP contribution < -0.4 is 15.8 Å². The first-order valence-corrected chi connectivity index (χ1v) is 8.62. The number of nitrogen functional groups attached to an aromatic ring is 1. The fourth-order valence-electron chi connectivity index (χ4n) is 2.86. The number of hydrogen-bond donors (Lipinski definition) is 2. The molecule has 1 aromatic rings. The highest BCUT2D eigenvalue weighted by Gasteiger charge is 2.24. The van der Waals surface area contributed by atoms with E-state index < -0.39 is 0 Å². The molecule has 0 atom stereocenters. The van der Waals surface area contributed by atoms with Crippen LogP contribution in [-0.2, 0) is 0 Å². The van der Waals surface area contributed by atoms with Gasteiger partial charge in [-0.2, -0.15) is 5.26 Å². The van der Waals surface area contributed by atoms with E-state index in [0.29, 0.717) is 22.4 Å². The molecule has 0 spiro atoms. The second-order valence-electron chi connectivity index (χ2n) is 6.05. The van der Waals surface area contributed by atoms with E-state index in [1.807, 2.05) is 13.8 Å². The van der Waals surface area contributed by atoms with Gasteiger partial charge >= 0.3 is 0 Å². The van der Waals surface area contributed by atoms with Crippen LogP contribution >= 0.6 is 11.3 Å². The minimum Gasteiger partial charge on any atom is -0.486 e. The van der Waals surface area contributed by atoms with Crippen molar-refractivity contribution in [1.82, 2.24) is 0 Å². The summed E-state index contributed by atoms with van der Waals surface area (Å²) in [6, 6.07) is 2.62. The van der Waals surface area contributed by atoms with Gasteiger partial charge in [0.25, 0.3) is 0 Å². The van der Waals surface area contributed by atoms with Crippen LogP contribution in [0.25, 0.3) is 0 Å². The highest BCUT2D eigenvalue weighted by molar-refractivity contribution is 7.17. The summed E-state index contributed by atoms with van der Waals surface area (Å²) < 4.78 is 5.81. The van der Waals surface area contributed by atoms with Gasteiger partial charge in [0.1, 0.15) is 21.6 Å². The molecule has 21 heavy (non-hydrogen) atoms. The predicted octanol–water partition coefficient (Wildman–Crippen LogP) is 4.37. The average Bonchev–Trinajstić information content (AvgIpc) is 2.76. The van der Waals surface area contributed by atoms with Crippen molar-refractivity contribution >= 4 is 22.0 Å². The lowest BCUT2D eigenvalue weighted by Gasteiger charge is -2.29. The summed E-state index contributed by atoms with van der Waals surface area (Å²) >= 11 is 1.41. The number of ether oxygens (including phenoxy) is 1. The van der Waals surface area contributed by atoms with Gasteiger partial charge < -0.3 is 15.8 Å². The van der Waals surface area contributed by atoms with Gasteiger partial charge in [-0.1, -0.05) is 13.3 Å². The van der Waals surface area contributed by atoms with Crippen LogP contribution in [0.4, 0.5) is 10.7 Å². The van der Waals surface area contributed by atoms with E-state index in [1.165, 1.54) is 43.4 Å². The molecule has 1 aromatic heterocycles. The van der Waals surface area contributed by atoms with Gasteiger partial charge in [0.05, 0.1) is 6.10 Å². The molecule has 0 aliphatic heterocycles. The number of nitriles is 1. The SMILES string of the molecule is CCC1CCC(Nc2sc(C#N)c(N)c2OC(C)C)CC1. The first kappa shape index (κ1) is 16.0. The Morgan fingerprint density at radius 3 is 2.57 bits per heavy atom. The summed E-state index contributed by atoms with van der Waals surface area (Å²) in [5, 5.41) is 13.6. The van der Waals surface area contributed by atoms with Crippen LogP contribution in [0.15, 0.2) is 0 Å². The maximum atomic E-state index is 9.16. The van der Waals surface area contributed by atoms with E-state index in [0.717, 1.165) is 10.9 Å². The lowest BCUT2D eigenvalue weighted by Crippen LogP contribution is -2.25. The maximum Gasteiger partial charge on any atom is 0.178 e. The van der Waals surface area contributed by atoms with Crippen LogP contribution in [-0.4, -0.2) is 12.1 Å². The Balaban J connectivity index is 2.10. The highest BCUT2D eigenvalue weighted by Crippen LogP contribution is 2.44. The fraction of sp³-hybridized carbons (Fsp3) is 0.688. The number of nitrogens with one attached hydrogen (secondary N) is 1. The molecular weight excluding hydrogens is 282 g/mol. The average molecular weight is 307 g/mol. The van der Waals surface area contributed by atoms with Crippen LogP contribution in [0.1, 0.15) is 57.8 Å². The Morgan fingerprint density at radius 1 is 1.38 bits per heavy atom. The molecule has 1 saturated carbocycles. The van der Waals surface area contributed by atoms with E-state index in [9.17, 15) is 0 Å². The molecule has 0 bridgehead atoms. The third kappa shape index (κ3) is 3.82. The fourth-order valence-corrected chi connectivity index (χ4v) is 3.79. The van der Waals surface area contributed by atoms with Gasteiger partial charge in [0, 0.05) is 6.04 Å². The smallest absolute Gasteiger partial charge is 0.178 e. The number of nitrogens with zero attached hydrogens (tertiary/aromatic N) is 1. The van der Waals surface area contributed by atoms with Crippen molar-refractivity contribution in [1.29, 1.82) is 5.26 Å². The molecule has 0 unspecified atom stereocenters. The maximum absolute atomic E-state index is 9.16. The Morgan fingerprint density at radius 2 is 2.05 bits per heavy atom. The Labute approximate surface area is 131 Å². The third-order valence-electron chi connectivity index (χ3n) is 4.11. The molecule has 0 aromatic carbocycles. The van der Waals surface area contributed by atoms with Crippen molar-refractivity contribution in [3.63, 3.8) is 0 Å². The molecule has 3 N–H and O–H groups in total. The predicted molar refractivity (Wildman–Crippen MR) is 88.9 cm³/mol. The Hall–Kier alpha value is -1.41. The number of thiophene rings is 1. The van der Waals surface area contributed by atoms with Crippen LogP contribution in [0.3, 0.4) is 0 Å². The summed E-state index contributed by atoms with van der Waals surface area (Å²) in [7, 11) is 0. The number of anilines is 2. The molecule has 1 aliphatic carbocycles. The molecule has 116 valence electrons. The molecule has 1 fully saturated rings. The minimum absolute atomic E-state index is 0.0461. The molecular formula is C16H25N3OS. The lowest BCUT2D eigenvalue weighted by molar-refractivity contribution is 0.245. The summed E-state index contributed by atoms with van der Waals surface area (Å²) in [5.41, 5.74) is 6.51. The van der Waals surface area contributed by atoms with E-state index >= 15 is 0 Å². The zero-order chi connectivity index (χ0) is 15.4. The Kier molecular flexibility index (Phi) is 5.35. The minimum atomic E-state index is 0.0461. The molecule has 4 nitrogen and oxygen atoms in total. The zero-order valence-corrected chi connectivity index (χ0v) is 13.9. The molecule has 0 amide bonds. The second kappa shape index (κ2) is 7.04. The Bertz CT molecular complexity index is 510. The van der Waals surface area contributed by atoms with Crippen molar-refractivity contribution in [2.24, 2.45) is 5.92 Å². The normalized spacial score (nSPS) is 22.0. The standard InChI is InChI=1S/C16H25N3OS/c1-4-11-5-7-12(8-6-11)19-16-15(20-10(2)3)14(18)13(9-17)21-16/h10-12,19H,4-8,18H2,1-3H3. The van der Waals surface area contributed by atoms with E-state index in [2.05, 4.69) is 18.3 Å². The van der Waals surface area contributed by atoms with Gasteiger partial charge in [0.2, 0.25) is 0 Å². The van der Waals surface area contributed by atoms with Gasteiger partial charge in [0.15, 0.2) is 5.75 Å². The van der Waals surface area contributed by atoms with Gasteiger partial charge in [-0.3, -0.25) is 0 Å². The largest absolute Gasteiger partial charge is 0.486 e. The van der Waals surface area contributed by atoms with Crippen molar-refractivity contribution in [2.45, 2.75) is 65.0 Å². The third-order valence-corrected chi connectivity index (χ3v) is 5.14. The van der Waals surface area contributed by atoms with Crippen LogP contribution in [0, 0.1) is 17.2 Å². The zero-order valence-electron chi connectivity index (χ0n) is 13.1. The quantitative estimate of drug-likeness (QED) is 0.847. The number of nitrogens with two attached hydrogens (primary N) is 1. The molecule has 5 heteroatoms. The van der Waals surface area contributed by atoms with Crippen molar-refractivity contribution in [3.8, 4) is 11.8 Å². The lowest BCUT2D eigenvalue weighted by atomic mass is 9.84. The molecule has 0 radical (unpaired) electrons. The monoisotopic (exact) mass is 307 g/mol. The highest BCUT2D eigenvalue weighted by atomic mass is 32.1. The van der Waals surface area contributed by atoms with Gasteiger partial charge in [-0.05, 0) is 45.4 Å². The van der Waals surface area contributed by atoms with Gasteiger partial charge in [-0.15, -0.1) is 11.3 Å². The van der Waals surface area contributed by atoms with Crippen LogP contribution in [0.5, 0.6) is 5.75 Å². The summed E-state index contributed by atoms with van der Waals surface area (Å²) in [5.74, 6) is 1.53. The van der Waals surface area contributed by atoms with Crippen molar-refractivity contribution < 1.29 is 4.74 Å². The molecule has 1 heterocycles. The van der Waals surface area contributed by atoms with E-state index in [1.54, 1.807) is 0 Å². The molecule has 1 aliphatic rings. The summed E-state index contributed by atoms with van der Waals surface area (Å²) in [6.07, 6.45) is 6.24. The number of rotatable bonds is 5. The van der Waals surface area contributed by atoms with Gasteiger partial charge in [-0.25, -0.2) is 0 Å². The number of hydrogen-bond acceptors (Lipinski definition) is 5. The topological polar surface area (TPSA) is 71.1 Å². The molecule has 2 rings (SSSR count). The summed E-state index contributed by atoms with van der Waals surface area (Å²) in [4.78, 5) is 0.537. The summed E-state index contributed by atoms with van der Waals surface area (Å²) in [6.45, 7) is 6.21.